The van der Waals surface area contributed by atoms with Crippen LogP contribution in [0.1, 0.15) is 39.0 Å². The van der Waals surface area contributed by atoms with Gasteiger partial charge in [0.1, 0.15) is 6.10 Å². The van der Waals surface area contributed by atoms with Crippen molar-refractivity contribution in [3.63, 3.8) is 0 Å². The fraction of sp³-hybridized carbons (Fsp3) is 0.857. The van der Waals surface area contributed by atoms with Crippen molar-refractivity contribution in [3.05, 3.63) is 0 Å². The second-order valence-corrected chi connectivity index (χ2v) is 5.52. The van der Waals surface area contributed by atoms with E-state index in [4.69, 9.17) is 9.47 Å². The van der Waals surface area contributed by atoms with Gasteiger partial charge >= 0.3 is 5.97 Å². The van der Waals surface area contributed by atoms with Crippen molar-refractivity contribution < 1.29 is 19.1 Å². The van der Waals surface area contributed by atoms with Crippen LogP contribution < -0.4 is 0 Å². The maximum absolute atomic E-state index is 12.5. The first-order chi connectivity index (χ1) is 9.13. The Labute approximate surface area is 114 Å². The third kappa shape index (κ3) is 3.26. The highest BCUT2D eigenvalue weighted by Crippen LogP contribution is 2.27. The van der Waals surface area contributed by atoms with E-state index in [1.165, 1.54) is 7.11 Å². The predicted octanol–water partition coefficient (Wildman–Crippen LogP) is 1.36. The Kier molecular flexibility index (Phi) is 4.80. The molecule has 0 saturated carbocycles. The number of likely N-dealkylation sites (tertiary alicyclic amines) is 1. The number of ether oxygens (including phenoxy) is 2. The van der Waals surface area contributed by atoms with Gasteiger partial charge in [0.2, 0.25) is 0 Å². The van der Waals surface area contributed by atoms with Gasteiger partial charge in [-0.15, -0.1) is 0 Å². The molecule has 0 radical (unpaired) electrons. The number of hydrogen-bond donors (Lipinski definition) is 0. The fourth-order valence-electron chi connectivity index (χ4n) is 2.95. The maximum Gasteiger partial charge on any atom is 0.307 e. The molecule has 0 bridgehead atoms. The van der Waals surface area contributed by atoms with Crippen molar-refractivity contribution in [2.45, 2.75) is 51.2 Å². The first-order valence-corrected chi connectivity index (χ1v) is 7.12. The van der Waals surface area contributed by atoms with E-state index in [0.29, 0.717) is 13.0 Å². The molecule has 2 heterocycles. The lowest BCUT2D eigenvalue weighted by molar-refractivity contribution is -0.150. The predicted molar refractivity (Wildman–Crippen MR) is 69.5 cm³/mol. The van der Waals surface area contributed by atoms with Crippen molar-refractivity contribution in [3.8, 4) is 0 Å². The van der Waals surface area contributed by atoms with Gasteiger partial charge in [0.25, 0.3) is 5.91 Å². The number of rotatable bonds is 3. The summed E-state index contributed by atoms with van der Waals surface area (Å²) in [5.41, 5.74) is 0. The molecule has 2 aliphatic heterocycles. The number of carbonyl (C=O) groups excluding carboxylic acids is 2. The summed E-state index contributed by atoms with van der Waals surface area (Å²) in [7, 11) is 1.39. The minimum atomic E-state index is -0.321. The molecule has 108 valence electrons. The van der Waals surface area contributed by atoms with Crippen molar-refractivity contribution in [2.24, 2.45) is 5.92 Å². The molecule has 2 aliphatic rings. The van der Waals surface area contributed by atoms with Crippen molar-refractivity contribution in [1.82, 2.24) is 4.90 Å². The highest BCUT2D eigenvalue weighted by molar-refractivity contribution is 5.82. The smallest absolute Gasteiger partial charge is 0.307 e. The number of esters is 1. The largest absolute Gasteiger partial charge is 0.469 e. The van der Waals surface area contributed by atoms with Gasteiger partial charge in [-0.3, -0.25) is 9.59 Å². The Balaban J connectivity index is 2.02. The topological polar surface area (TPSA) is 55.8 Å². The van der Waals surface area contributed by atoms with Gasteiger partial charge in [-0.1, -0.05) is 6.92 Å². The summed E-state index contributed by atoms with van der Waals surface area (Å²) < 4.78 is 10.3. The van der Waals surface area contributed by atoms with Crippen LogP contribution in [0.4, 0.5) is 0 Å². The van der Waals surface area contributed by atoms with Gasteiger partial charge in [0.15, 0.2) is 0 Å². The standard InChI is InChI=1S/C14H23NO4/c1-10-6-8-19-13(10)14(17)15-7-4-3-5-11(15)9-12(16)18-2/h10-11,13H,3-9H2,1-2H3. The number of amides is 1. The zero-order valence-electron chi connectivity index (χ0n) is 11.8. The van der Waals surface area contributed by atoms with Crippen LogP contribution in [0.15, 0.2) is 0 Å². The summed E-state index contributed by atoms with van der Waals surface area (Å²) in [6.45, 7) is 3.44. The van der Waals surface area contributed by atoms with E-state index in [-0.39, 0.29) is 29.9 Å². The van der Waals surface area contributed by atoms with Crippen LogP contribution in [-0.4, -0.2) is 49.2 Å². The van der Waals surface area contributed by atoms with Crippen LogP contribution in [0.3, 0.4) is 0 Å². The van der Waals surface area contributed by atoms with Crippen molar-refractivity contribution >= 4 is 11.9 Å². The van der Waals surface area contributed by atoms with Gasteiger partial charge in [-0.25, -0.2) is 0 Å². The second kappa shape index (κ2) is 6.37. The SMILES string of the molecule is COC(=O)CC1CCCCN1C(=O)C1OCCC1C. The summed E-state index contributed by atoms with van der Waals surface area (Å²) in [5.74, 6) is 0.0805. The number of carbonyl (C=O) groups is 2. The fourth-order valence-corrected chi connectivity index (χ4v) is 2.95. The average molecular weight is 269 g/mol. The summed E-state index contributed by atoms with van der Waals surface area (Å²) in [4.78, 5) is 25.8. The Morgan fingerprint density at radius 3 is 2.74 bits per heavy atom. The monoisotopic (exact) mass is 269 g/mol. The van der Waals surface area contributed by atoms with E-state index >= 15 is 0 Å². The quantitative estimate of drug-likeness (QED) is 0.726. The molecule has 0 aromatic heterocycles. The molecule has 0 spiro atoms. The Morgan fingerprint density at radius 2 is 2.11 bits per heavy atom. The lowest BCUT2D eigenvalue weighted by Gasteiger charge is -2.37. The van der Waals surface area contributed by atoms with Gasteiger partial charge in [0, 0.05) is 19.2 Å². The summed E-state index contributed by atoms with van der Waals surface area (Å²) in [6.07, 6.45) is 3.85. The molecule has 3 atom stereocenters. The van der Waals surface area contributed by atoms with Gasteiger partial charge < -0.3 is 14.4 Å². The third-order valence-electron chi connectivity index (χ3n) is 4.17. The molecule has 19 heavy (non-hydrogen) atoms. The third-order valence-corrected chi connectivity index (χ3v) is 4.17. The van der Waals surface area contributed by atoms with E-state index in [9.17, 15) is 9.59 Å². The molecule has 1 amide bonds. The van der Waals surface area contributed by atoms with E-state index in [2.05, 4.69) is 6.92 Å². The molecule has 2 saturated heterocycles. The van der Waals surface area contributed by atoms with Crippen LogP contribution in [0.2, 0.25) is 0 Å². The average Bonchev–Trinajstić information content (AvgIpc) is 2.84. The summed E-state index contributed by atoms with van der Waals surface area (Å²) in [6, 6.07) is -0.0231. The second-order valence-electron chi connectivity index (χ2n) is 5.52. The van der Waals surface area contributed by atoms with Crippen LogP contribution >= 0.6 is 0 Å². The zero-order valence-corrected chi connectivity index (χ0v) is 11.8. The Morgan fingerprint density at radius 1 is 1.32 bits per heavy atom. The zero-order chi connectivity index (χ0) is 13.8. The number of hydrogen-bond acceptors (Lipinski definition) is 4. The molecule has 0 aliphatic carbocycles. The minimum absolute atomic E-state index is 0.0231. The van der Waals surface area contributed by atoms with E-state index < -0.39 is 0 Å². The molecule has 0 aromatic rings. The molecular weight excluding hydrogens is 246 g/mol. The van der Waals surface area contributed by atoms with Crippen molar-refractivity contribution in [2.75, 3.05) is 20.3 Å². The normalized spacial score (nSPS) is 31.3. The lowest BCUT2D eigenvalue weighted by Crippen LogP contribution is -2.50. The molecule has 0 N–H and O–H groups in total. The Bertz CT molecular complexity index is 344. The molecule has 5 heteroatoms. The number of nitrogens with zero attached hydrogens (tertiary/aromatic N) is 1. The first-order valence-electron chi connectivity index (χ1n) is 7.12. The number of piperidine rings is 1. The van der Waals surface area contributed by atoms with E-state index in [1.54, 1.807) is 0 Å². The minimum Gasteiger partial charge on any atom is -0.469 e. The first kappa shape index (κ1) is 14.3. The molecule has 0 aromatic carbocycles. The number of methoxy groups -OCH3 is 1. The molecule has 5 nitrogen and oxygen atoms in total. The van der Waals surface area contributed by atoms with E-state index in [0.717, 1.165) is 32.2 Å². The van der Waals surface area contributed by atoms with E-state index in [1.807, 2.05) is 4.90 Å². The Hall–Kier alpha value is -1.10. The molecule has 2 fully saturated rings. The molecular formula is C14H23NO4. The van der Waals surface area contributed by atoms with Gasteiger partial charge in [-0.2, -0.15) is 0 Å². The maximum atomic E-state index is 12.5. The molecule has 2 rings (SSSR count). The van der Waals surface area contributed by atoms with Gasteiger partial charge in [-0.05, 0) is 31.6 Å². The van der Waals surface area contributed by atoms with Crippen LogP contribution in [0.5, 0.6) is 0 Å². The van der Waals surface area contributed by atoms with Crippen LogP contribution in [0, 0.1) is 5.92 Å². The van der Waals surface area contributed by atoms with Crippen LogP contribution in [0.25, 0.3) is 0 Å². The van der Waals surface area contributed by atoms with Crippen molar-refractivity contribution in [1.29, 1.82) is 0 Å². The lowest BCUT2D eigenvalue weighted by atomic mass is 9.96. The summed E-state index contributed by atoms with van der Waals surface area (Å²) >= 11 is 0. The van der Waals surface area contributed by atoms with Crippen LogP contribution in [-0.2, 0) is 19.1 Å². The highest BCUT2D eigenvalue weighted by Gasteiger charge is 2.38. The highest BCUT2D eigenvalue weighted by atomic mass is 16.5. The van der Waals surface area contributed by atoms with Gasteiger partial charge in [0.05, 0.1) is 13.5 Å². The molecule has 3 unspecified atom stereocenters. The summed E-state index contributed by atoms with van der Waals surface area (Å²) in [5, 5.41) is 0.